The molecule has 0 spiro atoms. The summed E-state index contributed by atoms with van der Waals surface area (Å²) in [6.45, 7) is 3.25. The minimum absolute atomic E-state index is 0.262. The van der Waals surface area contributed by atoms with Crippen molar-refractivity contribution in [2.75, 3.05) is 5.75 Å². The third-order valence-electron chi connectivity index (χ3n) is 3.38. The zero-order valence-corrected chi connectivity index (χ0v) is 11.5. The van der Waals surface area contributed by atoms with Crippen LogP contribution < -0.4 is 5.73 Å². The van der Waals surface area contributed by atoms with Gasteiger partial charge in [0.25, 0.3) is 0 Å². The van der Waals surface area contributed by atoms with E-state index in [0.29, 0.717) is 5.25 Å². The van der Waals surface area contributed by atoms with Crippen LogP contribution in [-0.2, 0) is 13.0 Å². The van der Waals surface area contributed by atoms with Crippen molar-refractivity contribution in [2.24, 2.45) is 5.73 Å². The quantitative estimate of drug-likeness (QED) is 0.876. The van der Waals surface area contributed by atoms with E-state index in [1.54, 1.807) is 0 Å². The summed E-state index contributed by atoms with van der Waals surface area (Å²) in [5.74, 6) is 2.44. The number of rotatable bonds is 5. The zero-order valence-electron chi connectivity index (χ0n) is 10.6. The fourth-order valence-corrected chi connectivity index (χ4v) is 3.77. The van der Waals surface area contributed by atoms with Gasteiger partial charge < -0.3 is 10.3 Å². The molecule has 0 amide bonds. The molecule has 0 saturated carbocycles. The predicted octanol–water partition coefficient (Wildman–Crippen LogP) is 2.45. The molecular formula is C13H23N3S. The maximum atomic E-state index is 6.33. The van der Waals surface area contributed by atoms with Crippen LogP contribution in [0.5, 0.6) is 0 Å². The summed E-state index contributed by atoms with van der Waals surface area (Å²) >= 11 is 2.05. The molecule has 2 unspecified atom stereocenters. The van der Waals surface area contributed by atoms with Crippen LogP contribution >= 0.6 is 11.8 Å². The van der Waals surface area contributed by atoms with Crippen molar-refractivity contribution in [1.29, 1.82) is 0 Å². The highest BCUT2D eigenvalue weighted by molar-refractivity contribution is 8.00. The van der Waals surface area contributed by atoms with Gasteiger partial charge in [-0.05, 0) is 25.0 Å². The Morgan fingerprint density at radius 3 is 3.18 bits per heavy atom. The molecule has 3 nitrogen and oxygen atoms in total. The molecule has 0 aliphatic carbocycles. The highest BCUT2D eigenvalue weighted by Crippen LogP contribution is 2.27. The van der Waals surface area contributed by atoms with Crippen LogP contribution in [0.1, 0.15) is 38.4 Å². The van der Waals surface area contributed by atoms with Gasteiger partial charge in [-0.2, -0.15) is 11.8 Å². The number of nitrogens with zero attached hydrogens (tertiary/aromatic N) is 2. The van der Waals surface area contributed by atoms with Crippen LogP contribution in [0, 0.1) is 0 Å². The first-order valence-electron chi connectivity index (χ1n) is 6.68. The van der Waals surface area contributed by atoms with E-state index in [0.717, 1.165) is 25.2 Å². The summed E-state index contributed by atoms with van der Waals surface area (Å²) in [6.07, 6.45) is 10.0. The highest BCUT2D eigenvalue weighted by atomic mass is 32.2. The van der Waals surface area contributed by atoms with E-state index in [1.165, 1.54) is 25.0 Å². The van der Waals surface area contributed by atoms with Gasteiger partial charge in [-0.1, -0.05) is 13.3 Å². The van der Waals surface area contributed by atoms with Crippen LogP contribution in [0.15, 0.2) is 12.4 Å². The van der Waals surface area contributed by atoms with Crippen molar-refractivity contribution in [3.8, 4) is 0 Å². The fraction of sp³-hybridized carbons (Fsp3) is 0.769. The summed E-state index contributed by atoms with van der Waals surface area (Å²) in [4.78, 5) is 4.44. The Labute approximate surface area is 108 Å². The van der Waals surface area contributed by atoms with Gasteiger partial charge in [-0.15, -0.1) is 0 Å². The molecule has 0 aromatic carbocycles. The summed E-state index contributed by atoms with van der Waals surface area (Å²) < 4.78 is 2.24. The summed E-state index contributed by atoms with van der Waals surface area (Å²) in [5.41, 5.74) is 6.33. The van der Waals surface area contributed by atoms with Gasteiger partial charge in [-0.3, -0.25) is 0 Å². The highest BCUT2D eigenvalue weighted by Gasteiger charge is 2.22. The van der Waals surface area contributed by atoms with Crippen LogP contribution in [0.2, 0.25) is 0 Å². The molecule has 1 fully saturated rings. The Morgan fingerprint density at radius 2 is 2.47 bits per heavy atom. The molecule has 1 aliphatic rings. The molecule has 0 radical (unpaired) electrons. The lowest BCUT2D eigenvalue weighted by molar-refractivity contribution is 0.531. The monoisotopic (exact) mass is 253 g/mol. The maximum absolute atomic E-state index is 6.33. The van der Waals surface area contributed by atoms with E-state index >= 15 is 0 Å². The Hall–Kier alpha value is -0.480. The molecule has 2 N–H and O–H groups in total. The first kappa shape index (κ1) is 13.0. The molecule has 4 heteroatoms. The molecule has 1 aromatic heterocycles. The van der Waals surface area contributed by atoms with Crippen LogP contribution in [0.3, 0.4) is 0 Å². The van der Waals surface area contributed by atoms with Crippen LogP contribution in [0.25, 0.3) is 0 Å². The fourth-order valence-electron chi connectivity index (χ4n) is 2.42. The third-order valence-corrected chi connectivity index (χ3v) is 4.91. The van der Waals surface area contributed by atoms with Crippen LogP contribution in [0.4, 0.5) is 0 Å². The number of hydrogen-bond acceptors (Lipinski definition) is 3. The van der Waals surface area contributed by atoms with Gasteiger partial charge in [-0.25, -0.2) is 4.98 Å². The van der Waals surface area contributed by atoms with Crippen molar-refractivity contribution >= 4 is 11.8 Å². The minimum atomic E-state index is 0.262. The number of thioether (sulfide) groups is 1. The standard InChI is InChI=1S/C13H23N3S/c1-2-7-16-8-6-15-13(16)10-11(14)12-5-3-4-9-17-12/h6,8,11-12H,2-5,7,9-10,14H2,1H3. The molecule has 17 heavy (non-hydrogen) atoms. The first-order valence-corrected chi connectivity index (χ1v) is 7.73. The van der Waals surface area contributed by atoms with Crippen LogP contribution in [-0.4, -0.2) is 26.6 Å². The van der Waals surface area contributed by atoms with E-state index in [9.17, 15) is 0 Å². The lowest BCUT2D eigenvalue weighted by Crippen LogP contribution is -2.37. The van der Waals surface area contributed by atoms with Crippen molar-refractivity contribution in [1.82, 2.24) is 9.55 Å². The molecule has 2 atom stereocenters. The van der Waals surface area contributed by atoms with Gasteiger partial charge in [0.15, 0.2) is 0 Å². The lowest BCUT2D eigenvalue weighted by atomic mass is 10.0. The molecule has 96 valence electrons. The average molecular weight is 253 g/mol. The van der Waals surface area contributed by atoms with Gasteiger partial charge in [0, 0.05) is 36.7 Å². The molecule has 0 bridgehead atoms. The average Bonchev–Trinajstić information content (AvgIpc) is 2.78. The first-order chi connectivity index (χ1) is 8.31. The Morgan fingerprint density at radius 1 is 1.59 bits per heavy atom. The van der Waals surface area contributed by atoms with Crippen molar-refractivity contribution in [3.05, 3.63) is 18.2 Å². The normalized spacial score (nSPS) is 22.6. The summed E-state index contributed by atoms with van der Waals surface area (Å²) in [5, 5.41) is 0.635. The number of nitrogens with two attached hydrogens (primary N) is 1. The van der Waals surface area contributed by atoms with E-state index in [-0.39, 0.29) is 6.04 Å². The van der Waals surface area contributed by atoms with Crippen molar-refractivity contribution in [2.45, 2.75) is 56.9 Å². The van der Waals surface area contributed by atoms with Gasteiger partial charge in [0.2, 0.25) is 0 Å². The van der Waals surface area contributed by atoms with Gasteiger partial charge in [0.1, 0.15) is 5.82 Å². The molecule has 1 aromatic rings. The number of aromatic nitrogens is 2. The zero-order chi connectivity index (χ0) is 12.1. The van der Waals surface area contributed by atoms with Gasteiger partial charge >= 0.3 is 0 Å². The van der Waals surface area contributed by atoms with Crippen molar-refractivity contribution < 1.29 is 0 Å². The SMILES string of the molecule is CCCn1ccnc1CC(N)C1CCCCS1. The number of imidazole rings is 1. The molecule has 1 aliphatic heterocycles. The minimum Gasteiger partial charge on any atom is -0.335 e. The van der Waals surface area contributed by atoms with E-state index in [4.69, 9.17) is 5.73 Å². The second-order valence-electron chi connectivity index (χ2n) is 4.81. The second-order valence-corrected chi connectivity index (χ2v) is 6.16. The van der Waals surface area contributed by atoms with Gasteiger partial charge in [0.05, 0.1) is 0 Å². The smallest absolute Gasteiger partial charge is 0.110 e. The largest absolute Gasteiger partial charge is 0.335 e. The summed E-state index contributed by atoms with van der Waals surface area (Å²) in [6, 6.07) is 0.262. The molecule has 1 saturated heterocycles. The van der Waals surface area contributed by atoms with E-state index < -0.39 is 0 Å². The second kappa shape index (κ2) is 6.45. The third kappa shape index (κ3) is 3.49. The Kier molecular flexibility index (Phi) is 4.92. The van der Waals surface area contributed by atoms with Crippen molar-refractivity contribution in [3.63, 3.8) is 0 Å². The topological polar surface area (TPSA) is 43.8 Å². The molecule has 2 rings (SSSR count). The van der Waals surface area contributed by atoms with E-state index in [1.807, 2.05) is 6.20 Å². The maximum Gasteiger partial charge on any atom is 0.110 e. The number of aryl methyl sites for hydroxylation is 1. The lowest BCUT2D eigenvalue weighted by Gasteiger charge is -2.27. The summed E-state index contributed by atoms with van der Waals surface area (Å²) in [7, 11) is 0. The Bertz CT molecular complexity index is 331. The molecule has 2 heterocycles. The van der Waals surface area contributed by atoms with E-state index in [2.05, 4.69) is 34.4 Å². The predicted molar refractivity (Wildman–Crippen MR) is 74.3 cm³/mol. The molecular weight excluding hydrogens is 230 g/mol. The number of hydrogen-bond donors (Lipinski definition) is 1. The Balaban J connectivity index is 1.92.